The van der Waals surface area contributed by atoms with Gasteiger partial charge < -0.3 is 20.3 Å². The van der Waals surface area contributed by atoms with E-state index in [0.717, 1.165) is 91.0 Å². The molecule has 0 aliphatic carbocycles. The van der Waals surface area contributed by atoms with E-state index in [-0.39, 0.29) is 24.0 Å². The van der Waals surface area contributed by atoms with Crippen molar-refractivity contribution < 1.29 is 4.74 Å². The molecule has 2 aliphatic heterocycles. The first-order valence-electron chi connectivity index (χ1n) is 11.7. The Bertz CT molecular complexity index is 603. The van der Waals surface area contributed by atoms with Crippen molar-refractivity contribution in [2.24, 2.45) is 4.99 Å². The Morgan fingerprint density at radius 1 is 0.903 bits per heavy atom. The van der Waals surface area contributed by atoms with Crippen molar-refractivity contribution in [3.63, 3.8) is 0 Å². The molecule has 0 spiro atoms. The monoisotopic (exact) mass is 544 g/mol. The molecule has 2 saturated heterocycles. The van der Waals surface area contributed by atoms with Gasteiger partial charge in [-0.1, -0.05) is 18.2 Å². The number of unbranched alkanes of at least 4 members (excludes halogenated alkanes) is 1. The molecule has 2 heterocycles. The lowest BCUT2D eigenvalue weighted by molar-refractivity contribution is 0.0389. The molecule has 2 aliphatic rings. The van der Waals surface area contributed by atoms with Crippen molar-refractivity contribution in [3.8, 4) is 0 Å². The van der Waals surface area contributed by atoms with E-state index < -0.39 is 0 Å². The average molecular weight is 545 g/mol. The van der Waals surface area contributed by atoms with Crippen LogP contribution in [0, 0.1) is 0 Å². The van der Waals surface area contributed by atoms with Crippen LogP contribution in [-0.2, 0) is 4.74 Å². The molecule has 0 saturated carbocycles. The molecule has 2 fully saturated rings. The zero-order chi connectivity index (χ0) is 20.9. The van der Waals surface area contributed by atoms with Crippen LogP contribution in [0.2, 0.25) is 0 Å². The summed E-state index contributed by atoms with van der Waals surface area (Å²) in [6.07, 6.45) is 2.35. The van der Waals surface area contributed by atoms with Gasteiger partial charge in [-0.2, -0.15) is 0 Å². The lowest BCUT2D eigenvalue weighted by Crippen LogP contribution is -2.46. The van der Waals surface area contributed by atoms with E-state index in [1.807, 2.05) is 0 Å². The minimum Gasteiger partial charge on any atom is -0.379 e. The van der Waals surface area contributed by atoms with E-state index in [1.54, 1.807) is 0 Å². The number of rotatable bonds is 10. The summed E-state index contributed by atoms with van der Waals surface area (Å²) in [6, 6.07) is 10.8. The molecular formula is C23H41IN6O. The molecule has 8 heteroatoms. The summed E-state index contributed by atoms with van der Waals surface area (Å²) in [5, 5.41) is 6.83. The Morgan fingerprint density at radius 2 is 1.61 bits per heavy atom. The van der Waals surface area contributed by atoms with Gasteiger partial charge in [0.2, 0.25) is 0 Å². The molecule has 2 N–H and O–H groups in total. The molecule has 3 rings (SSSR count). The van der Waals surface area contributed by atoms with Gasteiger partial charge in [-0.05, 0) is 38.4 Å². The van der Waals surface area contributed by atoms with E-state index in [4.69, 9.17) is 9.73 Å². The Morgan fingerprint density at radius 3 is 2.32 bits per heavy atom. The normalized spacial score (nSPS) is 18.5. The van der Waals surface area contributed by atoms with Gasteiger partial charge in [-0.15, -0.1) is 24.0 Å². The number of hydrogen-bond acceptors (Lipinski definition) is 5. The number of ether oxygens (including phenoxy) is 1. The highest BCUT2D eigenvalue weighted by atomic mass is 127. The topological polar surface area (TPSA) is 55.4 Å². The van der Waals surface area contributed by atoms with Crippen LogP contribution in [-0.4, -0.2) is 101 Å². The van der Waals surface area contributed by atoms with Crippen LogP contribution in [0.15, 0.2) is 35.3 Å². The number of para-hydroxylation sites is 1. The minimum absolute atomic E-state index is 0. The van der Waals surface area contributed by atoms with Gasteiger partial charge in [0.05, 0.1) is 13.2 Å². The van der Waals surface area contributed by atoms with Gasteiger partial charge in [-0.3, -0.25) is 14.8 Å². The van der Waals surface area contributed by atoms with Crippen LogP contribution in [0.25, 0.3) is 0 Å². The second-order valence-corrected chi connectivity index (χ2v) is 8.01. The van der Waals surface area contributed by atoms with Crippen LogP contribution in [0.4, 0.5) is 5.69 Å². The quantitative estimate of drug-likeness (QED) is 0.204. The molecule has 0 atom stereocenters. The second-order valence-electron chi connectivity index (χ2n) is 8.01. The van der Waals surface area contributed by atoms with Gasteiger partial charge in [0, 0.05) is 71.1 Å². The minimum atomic E-state index is 0. The number of anilines is 1. The fraction of sp³-hybridized carbons (Fsp3) is 0.696. The summed E-state index contributed by atoms with van der Waals surface area (Å²) in [5.74, 6) is 0.947. The standard InChI is InChI=1S/C23H40N6O.HI/c1-2-24-23(26-11-13-28-18-20-30-21-19-28)25-10-6-7-12-27-14-16-29(17-15-27)22-8-4-3-5-9-22;/h3-5,8-9H,2,6-7,10-21H2,1H3,(H2,24,25,26);1H. The number of nitrogens with one attached hydrogen (secondary N) is 2. The Balaban J connectivity index is 0.00000341. The zero-order valence-electron chi connectivity index (χ0n) is 19.1. The van der Waals surface area contributed by atoms with Crippen molar-refractivity contribution in [1.82, 2.24) is 20.4 Å². The van der Waals surface area contributed by atoms with E-state index >= 15 is 0 Å². The average Bonchev–Trinajstić information content (AvgIpc) is 2.80. The summed E-state index contributed by atoms with van der Waals surface area (Å²) in [6.45, 7) is 15.4. The fourth-order valence-corrected chi connectivity index (χ4v) is 4.01. The summed E-state index contributed by atoms with van der Waals surface area (Å²) in [4.78, 5) is 12.3. The number of halogens is 1. The summed E-state index contributed by atoms with van der Waals surface area (Å²) in [7, 11) is 0. The van der Waals surface area contributed by atoms with E-state index in [0.29, 0.717) is 0 Å². The maximum atomic E-state index is 5.41. The molecule has 31 heavy (non-hydrogen) atoms. The van der Waals surface area contributed by atoms with Gasteiger partial charge in [0.1, 0.15) is 0 Å². The number of guanidine groups is 1. The number of hydrogen-bond donors (Lipinski definition) is 2. The maximum absolute atomic E-state index is 5.41. The van der Waals surface area contributed by atoms with Crippen LogP contribution < -0.4 is 15.5 Å². The van der Waals surface area contributed by atoms with Crippen LogP contribution in [0.1, 0.15) is 19.8 Å². The van der Waals surface area contributed by atoms with Crippen molar-refractivity contribution in [2.75, 3.05) is 90.1 Å². The SMILES string of the molecule is CCNC(=NCCCCN1CCN(c2ccccc2)CC1)NCCN1CCOCC1.I. The first kappa shape index (κ1) is 26.2. The van der Waals surface area contributed by atoms with Gasteiger partial charge >= 0.3 is 0 Å². The second kappa shape index (κ2) is 15.7. The lowest BCUT2D eigenvalue weighted by atomic mass is 10.2. The predicted molar refractivity (Wildman–Crippen MR) is 141 cm³/mol. The zero-order valence-corrected chi connectivity index (χ0v) is 21.4. The fourth-order valence-electron chi connectivity index (χ4n) is 4.01. The Hall–Kier alpha value is -1.10. The van der Waals surface area contributed by atoms with Crippen molar-refractivity contribution in [2.45, 2.75) is 19.8 Å². The van der Waals surface area contributed by atoms with Crippen LogP contribution >= 0.6 is 24.0 Å². The Kier molecular flexibility index (Phi) is 13.2. The van der Waals surface area contributed by atoms with E-state index in [9.17, 15) is 0 Å². The van der Waals surface area contributed by atoms with Gasteiger partial charge in [-0.25, -0.2) is 0 Å². The summed E-state index contributed by atoms with van der Waals surface area (Å²) >= 11 is 0. The van der Waals surface area contributed by atoms with Crippen LogP contribution in [0.3, 0.4) is 0 Å². The van der Waals surface area contributed by atoms with Crippen LogP contribution in [0.5, 0.6) is 0 Å². The molecule has 1 aromatic rings. The van der Waals surface area contributed by atoms with Gasteiger partial charge in [0.15, 0.2) is 5.96 Å². The van der Waals surface area contributed by atoms with Crippen molar-refractivity contribution >= 4 is 35.6 Å². The third kappa shape index (κ3) is 9.93. The number of piperazine rings is 1. The first-order chi connectivity index (χ1) is 14.8. The molecule has 0 radical (unpaired) electrons. The first-order valence-corrected chi connectivity index (χ1v) is 11.7. The molecule has 0 aromatic heterocycles. The van der Waals surface area contributed by atoms with Crippen molar-refractivity contribution in [1.29, 1.82) is 0 Å². The third-order valence-electron chi connectivity index (χ3n) is 5.81. The van der Waals surface area contributed by atoms with Crippen molar-refractivity contribution in [3.05, 3.63) is 30.3 Å². The highest BCUT2D eigenvalue weighted by molar-refractivity contribution is 14.0. The third-order valence-corrected chi connectivity index (χ3v) is 5.81. The molecular weight excluding hydrogens is 503 g/mol. The lowest BCUT2D eigenvalue weighted by Gasteiger charge is -2.36. The number of benzene rings is 1. The number of morpholine rings is 1. The summed E-state index contributed by atoms with van der Waals surface area (Å²) < 4.78 is 5.41. The van der Waals surface area contributed by atoms with E-state index in [2.05, 4.69) is 62.6 Å². The molecule has 1 aromatic carbocycles. The Labute approximate surface area is 205 Å². The highest BCUT2D eigenvalue weighted by Crippen LogP contribution is 2.15. The molecule has 0 amide bonds. The van der Waals surface area contributed by atoms with Gasteiger partial charge in [0.25, 0.3) is 0 Å². The molecule has 7 nitrogen and oxygen atoms in total. The number of aliphatic imine (C=N–C) groups is 1. The largest absolute Gasteiger partial charge is 0.379 e. The highest BCUT2D eigenvalue weighted by Gasteiger charge is 2.16. The molecule has 0 bridgehead atoms. The summed E-state index contributed by atoms with van der Waals surface area (Å²) in [5.41, 5.74) is 1.35. The number of nitrogens with zero attached hydrogens (tertiary/aromatic N) is 4. The van der Waals surface area contributed by atoms with E-state index in [1.165, 1.54) is 18.7 Å². The molecule has 0 unspecified atom stereocenters. The maximum Gasteiger partial charge on any atom is 0.191 e. The smallest absolute Gasteiger partial charge is 0.191 e. The molecule has 176 valence electrons. The predicted octanol–water partition coefficient (Wildman–Crippen LogP) is 2.09.